The maximum absolute atomic E-state index is 4.30. The first-order chi connectivity index (χ1) is 15.0. The summed E-state index contributed by atoms with van der Waals surface area (Å²) < 4.78 is 4.81. The second-order valence-corrected chi connectivity index (χ2v) is 9.04. The first-order valence-corrected chi connectivity index (χ1v) is 11.0. The minimum absolute atomic E-state index is 0.376. The van der Waals surface area contributed by atoms with Crippen molar-refractivity contribution >= 4 is 43.7 Å². The van der Waals surface area contributed by atoms with E-state index in [0.29, 0.717) is 12.1 Å². The van der Waals surface area contributed by atoms with Gasteiger partial charge in [-0.2, -0.15) is 5.10 Å². The van der Waals surface area contributed by atoms with E-state index >= 15 is 0 Å². The quantitative estimate of drug-likeness (QED) is 0.325. The molecule has 154 valence electrons. The van der Waals surface area contributed by atoms with Crippen molar-refractivity contribution in [2.45, 2.75) is 39.8 Å². The third-order valence-corrected chi connectivity index (χ3v) is 6.48. The maximum atomic E-state index is 4.30. The lowest BCUT2D eigenvalue weighted by Gasteiger charge is -2.13. The van der Waals surface area contributed by atoms with E-state index in [2.05, 4.69) is 108 Å². The molecule has 6 aromatic rings. The number of benzene rings is 3. The number of para-hydroxylation sites is 1. The van der Waals surface area contributed by atoms with E-state index in [1.54, 1.807) is 0 Å². The summed E-state index contributed by atoms with van der Waals surface area (Å²) in [6.45, 7) is 8.96. The molecule has 4 heteroatoms. The Morgan fingerprint density at radius 3 is 2.10 bits per heavy atom. The number of aromatic nitrogens is 4. The summed E-state index contributed by atoms with van der Waals surface area (Å²) in [7, 11) is 0. The van der Waals surface area contributed by atoms with Crippen LogP contribution in [0.3, 0.4) is 0 Å². The molecule has 0 unspecified atom stereocenters. The topological polar surface area (TPSA) is 38.5 Å². The van der Waals surface area contributed by atoms with Crippen molar-refractivity contribution in [2.75, 3.05) is 0 Å². The van der Waals surface area contributed by atoms with Gasteiger partial charge in [0.25, 0.3) is 0 Å². The first-order valence-electron chi connectivity index (χ1n) is 11.0. The van der Waals surface area contributed by atoms with Gasteiger partial charge in [-0.1, -0.05) is 36.4 Å². The van der Waals surface area contributed by atoms with Gasteiger partial charge in [0.05, 0.1) is 22.7 Å². The predicted octanol–water partition coefficient (Wildman–Crippen LogP) is 7.45. The average Bonchev–Trinajstić information content (AvgIpc) is 3.43. The van der Waals surface area contributed by atoms with Crippen molar-refractivity contribution in [1.82, 2.24) is 19.3 Å². The molecule has 0 aliphatic carbocycles. The van der Waals surface area contributed by atoms with E-state index in [-0.39, 0.29) is 0 Å². The van der Waals surface area contributed by atoms with Gasteiger partial charge >= 0.3 is 0 Å². The molecule has 3 heterocycles. The van der Waals surface area contributed by atoms with Crippen LogP contribution in [0, 0.1) is 0 Å². The molecule has 0 atom stereocenters. The van der Waals surface area contributed by atoms with Crippen molar-refractivity contribution in [1.29, 1.82) is 0 Å². The number of H-pyrrole nitrogens is 1. The summed E-state index contributed by atoms with van der Waals surface area (Å²) in [5.74, 6) is 0. The molecular weight excluding hydrogens is 380 g/mol. The van der Waals surface area contributed by atoms with Crippen LogP contribution in [-0.4, -0.2) is 19.3 Å². The Morgan fingerprint density at radius 2 is 1.29 bits per heavy atom. The Morgan fingerprint density at radius 1 is 0.645 bits per heavy atom. The van der Waals surface area contributed by atoms with Gasteiger partial charge in [0.1, 0.15) is 0 Å². The molecule has 3 aromatic heterocycles. The summed E-state index contributed by atoms with van der Waals surface area (Å²) in [4.78, 5) is 0. The highest BCUT2D eigenvalue weighted by atomic mass is 15.1. The lowest BCUT2D eigenvalue weighted by Crippen LogP contribution is -2.00. The molecule has 0 saturated carbocycles. The number of hydrogen-bond acceptors (Lipinski definition) is 1. The molecule has 6 rings (SSSR count). The van der Waals surface area contributed by atoms with E-state index in [9.17, 15) is 0 Å². The Labute approximate surface area is 181 Å². The zero-order valence-corrected chi connectivity index (χ0v) is 18.3. The van der Waals surface area contributed by atoms with E-state index in [0.717, 1.165) is 11.0 Å². The molecule has 0 radical (unpaired) electrons. The summed E-state index contributed by atoms with van der Waals surface area (Å²) in [6, 6.07) is 23.2. The van der Waals surface area contributed by atoms with Crippen LogP contribution in [0.25, 0.3) is 54.9 Å². The molecule has 0 spiro atoms. The molecule has 0 saturated heterocycles. The van der Waals surface area contributed by atoms with Crippen LogP contribution in [0.2, 0.25) is 0 Å². The van der Waals surface area contributed by atoms with E-state index in [1.165, 1.54) is 43.8 Å². The van der Waals surface area contributed by atoms with Gasteiger partial charge in [-0.25, -0.2) is 0 Å². The lowest BCUT2D eigenvalue weighted by molar-refractivity contribution is 0.642. The molecule has 31 heavy (non-hydrogen) atoms. The Bertz CT molecular complexity index is 1590. The number of aromatic amines is 1. The van der Waals surface area contributed by atoms with Crippen molar-refractivity contribution in [2.24, 2.45) is 0 Å². The van der Waals surface area contributed by atoms with Gasteiger partial charge in [-0.05, 0) is 63.1 Å². The first kappa shape index (κ1) is 18.3. The molecule has 0 amide bonds. The fourth-order valence-corrected chi connectivity index (χ4v) is 5.21. The minimum atomic E-state index is 0.376. The molecule has 3 aromatic carbocycles. The van der Waals surface area contributed by atoms with Crippen LogP contribution in [-0.2, 0) is 0 Å². The van der Waals surface area contributed by atoms with Crippen molar-refractivity contribution in [3.63, 3.8) is 0 Å². The minimum Gasteiger partial charge on any atom is -0.338 e. The van der Waals surface area contributed by atoms with Gasteiger partial charge in [0.2, 0.25) is 0 Å². The van der Waals surface area contributed by atoms with Crippen molar-refractivity contribution in [3.8, 4) is 11.1 Å². The largest absolute Gasteiger partial charge is 0.338 e. The molecule has 0 aliphatic rings. The normalized spacial score (nSPS) is 12.5. The number of fused-ring (bicyclic) bond motifs is 6. The number of rotatable bonds is 3. The summed E-state index contributed by atoms with van der Waals surface area (Å²) in [5, 5.41) is 11.4. The van der Waals surface area contributed by atoms with Gasteiger partial charge in [-0.15, -0.1) is 0 Å². The Hall–Kier alpha value is -3.53. The standard InChI is InChI=1S/C27H26N4/c1-16(2)30-23-8-6-5-7-20(23)21-11-9-19(14-25(21)30)18-10-12-24-22(13-18)27-26(15-28-29-27)31(24)17(3)4/h5-17H,1-4H3,(H,28,29). The highest BCUT2D eigenvalue weighted by Gasteiger charge is 2.17. The highest BCUT2D eigenvalue weighted by Crippen LogP contribution is 2.37. The van der Waals surface area contributed by atoms with Gasteiger partial charge < -0.3 is 9.13 Å². The van der Waals surface area contributed by atoms with E-state index < -0.39 is 0 Å². The fraction of sp³-hybridized carbons (Fsp3) is 0.222. The molecule has 1 N–H and O–H groups in total. The number of nitrogens with one attached hydrogen (secondary N) is 1. The summed E-state index contributed by atoms with van der Waals surface area (Å²) >= 11 is 0. The molecule has 0 aliphatic heterocycles. The lowest BCUT2D eigenvalue weighted by atomic mass is 10.0. The van der Waals surface area contributed by atoms with Gasteiger partial charge in [0, 0.05) is 39.3 Å². The molecular formula is C27H26N4. The Kier molecular flexibility index (Phi) is 3.82. The second kappa shape index (κ2) is 6.48. The molecule has 4 nitrogen and oxygen atoms in total. The molecule has 0 bridgehead atoms. The van der Waals surface area contributed by atoms with Crippen molar-refractivity contribution in [3.05, 3.63) is 66.9 Å². The van der Waals surface area contributed by atoms with Gasteiger partial charge in [-0.3, -0.25) is 5.10 Å². The van der Waals surface area contributed by atoms with E-state index in [1.807, 2.05) is 6.20 Å². The highest BCUT2D eigenvalue weighted by molar-refractivity contribution is 6.10. The Balaban J connectivity index is 1.61. The monoisotopic (exact) mass is 406 g/mol. The smallest absolute Gasteiger partial charge is 0.0908 e. The van der Waals surface area contributed by atoms with Crippen molar-refractivity contribution < 1.29 is 0 Å². The predicted molar refractivity (Wildman–Crippen MR) is 131 cm³/mol. The van der Waals surface area contributed by atoms with Crippen LogP contribution in [0.4, 0.5) is 0 Å². The van der Waals surface area contributed by atoms with E-state index in [4.69, 9.17) is 0 Å². The number of nitrogens with zero attached hydrogens (tertiary/aromatic N) is 3. The molecule has 0 fully saturated rings. The zero-order chi connectivity index (χ0) is 21.3. The van der Waals surface area contributed by atoms with Gasteiger partial charge in [0.15, 0.2) is 0 Å². The van der Waals surface area contributed by atoms with Crippen LogP contribution in [0.5, 0.6) is 0 Å². The summed E-state index contributed by atoms with van der Waals surface area (Å²) in [6.07, 6.45) is 1.93. The second-order valence-electron chi connectivity index (χ2n) is 9.04. The average molecular weight is 407 g/mol. The summed E-state index contributed by atoms with van der Waals surface area (Å²) in [5.41, 5.74) is 8.59. The van der Waals surface area contributed by atoms with Crippen LogP contribution in [0.1, 0.15) is 39.8 Å². The third kappa shape index (κ3) is 2.51. The zero-order valence-electron chi connectivity index (χ0n) is 18.3. The SMILES string of the molecule is CC(C)n1c2ccccc2c2ccc(-c3ccc4c(c3)c3[nH]ncc3n4C(C)C)cc21. The maximum Gasteiger partial charge on any atom is 0.0908 e. The third-order valence-electron chi connectivity index (χ3n) is 6.48. The van der Waals surface area contributed by atoms with Crippen LogP contribution in [0.15, 0.2) is 66.9 Å². The number of hydrogen-bond donors (Lipinski definition) is 1. The van der Waals surface area contributed by atoms with Crippen LogP contribution < -0.4 is 0 Å². The fourth-order valence-electron chi connectivity index (χ4n) is 5.21. The van der Waals surface area contributed by atoms with Crippen LogP contribution >= 0.6 is 0 Å².